The SMILES string of the molecule is CC(C)N(C(=O)c1cc(F)ccc1Oc1cncnc1N1CC2(CNC2)C1)C(C)C. The molecular weight excluding hydrogens is 385 g/mol. The Morgan fingerprint density at radius 1 is 1.20 bits per heavy atom. The summed E-state index contributed by atoms with van der Waals surface area (Å²) in [4.78, 5) is 25.6. The van der Waals surface area contributed by atoms with Gasteiger partial charge in [-0.15, -0.1) is 0 Å². The van der Waals surface area contributed by atoms with Gasteiger partial charge >= 0.3 is 0 Å². The first-order valence-electron chi connectivity index (χ1n) is 10.4. The van der Waals surface area contributed by atoms with E-state index < -0.39 is 5.82 Å². The number of anilines is 1. The number of nitrogens with zero attached hydrogens (tertiary/aromatic N) is 4. The zero-order valence-electron chi connectivity index (χ0n) is 17.9. The Labute approximate surface area is 176 Å². The van der Waals surface area contributed by atoms with Crippen molar-refractivity contribution in [2.24, 2.45) is 5.41 Å². The third-order valence-electron chi connectivity index (χ3n) is 5.75. The molecule has 0 unspecified atom stereocenters. The minimum Gasteiger partial charge on any atom is -0.451 e. The van der Waals surface area contributed by atoms with Crippen LogP contribution in [0.2, 0.25) is 0 Å². The van der Waals surface area contributed by atoms with Gasteiger partial charge in [0.1, 0.15) is 17.9 Å². The van der Waals surface area contributed by atoms with E-state index in [1.54, 1.807) is 11.1 Å². The average Bonchev–Trinajstić information content (AvgIpc) is 2.61. The standard InChI is InChI=1S/C22H28FN5O2/c1-14(2)28(15(3)4)21(29)17-7-16(23)5-6-18(17)30-19-8-24-13-26-20(19)27-11-22(12-27)9-25-10-22/h5-8,13-15,25H,9-12H2,1-4H3. The Hall–Kier alpha value is -2.74. The van der Waals surface area contributed by atoms with Crippen LogP contribution >= 0.6 is 0 Å². The molecule has 0 aliphatic carbocycles. The Morgan fingerprint density at radius 3 is 2.50 bits per heavy atom. The van der Waals surface area contributed by atoms with Crippen molar-refractivity contribution in [3.05, 3.63) is 42.1 Å². The maximum absolute atomic E-state index is 14.0. The fourth-order valence-electron chi connectivity index (χ4n) is 4.32. The number of carbonyl (C=O) groups excluding carboxylic acids is 1. The highest BCUT2D eigenvalue weighted by atomic mass is 19.1. The minimum atomic E-state index is -0.482. The zero-order valence-corrected chi connectivity index (χ0v) is 17.9. The summed E-state index contributed by atoms with van der Waals surface area (Å²) in [6.45, 7) is 11.6. The van der Waals surface area contributed by atoms with Gasteiger partial charge < -0.3 is 19.9 Å². The number of aromatic nitrogens is 2. The van der Waals surface area contributed by atoms with Crippen LogP contribution in [0.25, 0.3) is 0 Å². The van der Waals surface area contributed by atoms with Gasteiger partial charge in [-0.1, -0.05) is 0 Å². The van der Waals surface area contributed by atoms with Gasteiger partial charge in [0.2, 0.25) is 0 Å². The molecular formula is C22H28FN5O2. The molecule has 2 aromatic rings. The molecule has 30 heavy (non-hydrogen) atoms. The monoisotopic (exact) mass is 413 g/mol. The second kappa shape index (κ2) is 7.83. The van der Waals surface area contributed by atoms with E-state index in [-0.39, 0.29) is 23.6 Å². The number of amides is 1. The largest absolute Gasteiger partial charge is 0.451 e. The van der Waals surface area contributed by atoms with E-state index in [2.05, 4.69) is 20.2 Å². The van der Waals surface area contributed by atoms with Crippen molar-refractivity contribution < 1.29 is 13.9 Å². The Morgan fingerprint density at radius 2 is 1.90 bits per heavy atom. The van der Waals surface area contributed by atoms with Crippen molar-refractivity contribution in [3.63, 3.8) is 0 Å². The van der Waals surface area contributed by atoms with E-state index in [1.807, 2.05) is 27.7 Å². The van der Waals surface area contributed by atoms with Crippen LogP contribution in [0.15, 0.2) is 30.7 Å². The molecule has 1 amide bonds. The fraction of sp³-hybridized carbons (Fsp3) is 0.500. The van der Waals surface area contributed by atoms with Crippen molar-refractivity contribution >= 4 is 11.7 Å². The van der Waals surface area contributed by atoms with Gasteiger partial charge in [-0.05, 0) is 45.9 Å². The van der Waals surface area contributed by atoms with Crippen LogP contribution < -0.4 is 15.0 Å². The van der Waals surface area contributed by atoms with Gasteiger partial charge in [-0.25, -0.2) is 14.4 Å². The summed E-state index contributed by atoms with van der Waals surface area (Å²) in [6, 6.07) is 3.96. The van der Waals surface area contributed by atoms with E-state index >= 15 is 0 Å². The quantitative estimate of drug-likeness (QED) is 0.785. The van der Waals surface area contributed by atoms with Crippen molar-refractivity contribution in [1.82, 2.24) is 20.2 Å². The molecule has 0 atom stereocenters. The highest BCUT2D eigenvalue weighted by Crippen LogP contribution is 2.41. The molecule has 2 aliphatic rings. The topological polar surface area (TPSA) is 70.6 Å². The molecule has 0 saturated carbocycles. The summed E-state index contributed by atoms with van der Waals surface area (Å²) in [5.41, 5.74) is 0.518. The molecule has 2 aliphatic heterocycles. The molecule has 2 saturated heterocycles. The minimum absolute atomic E-state index is 0.0300. The van der Waals surface area contributed by atoms with Gasteiger partial charge in [0.05, 0.1) is 11.8 Å². The summed E-state index contributed by atoms with van der Waals surface area (Å²) in [5.74, 6) is 0.696. The molecule has 0 bridgehead atoms. The van der Waals surface area contributed by atoms with E-state index in [9.17, 15) is 9.18 Å². The molecule has 1 N–H and O–H groups in total. The second-order valence-electron chi connectivity index (χ2n) is 8.81. The lowest BCUT2D eigenvalue weighted by molar-refractivity contribution is 0.0640. The van der Waals surface area contributed by atoms with Crippen molar-refractivity contribution in [3.8, 4) is 11.5 Å². The summed E-state index contributed by atoms with van der Waals surface area (Å²) in [7, 11) is 0. The summed E-state index contributed by atoms with van der Waals surface area (Å²) in [6.07, 6.45) is 3.08. The lowest BCUT2D eigenvalue weighted by atomic mass is 9.74. The van der Waals surface area contributed by atoms with Crippen LogP contribution in [0, 0.1) is 11.2 Å². The van der Waals surface area contributed by atoms with Crippen molar-refractivity contribution in [2.45, 2.75) is 39.8 Å². The molecule has 1 aromatic heterocycles. The number of carbonyl (C=O) groups is 1. The van der Waals surface area contributed by atoms with E-state index in [0.717, 1.165) is 26.2 Å². The van der Waals surface area contributed by atoms with Crippen LogP contribution in [0.1, 0.15) is 38.1 Å². The number of nitrogens with one attached hydrogen (secondary N) is 1. The third-order valence-corrected chi connectivity index (χ3v) is 5.75. The number of halogens is 1. The van der Waals surface area contributed by atoms with Crippen LogP contribution in [-0.4, -0.2) is 59.0 Å². The fourth-order valence-corrected chi connectivity index (χ4v) is 4.32. The molecule has 1 aromatic carbocycles. The van der Waals surface area contributed by atoms with E-state index in [1.165, 1.54) is 24.5 Å². The maximum atomic E-state index is 14.0. The van der Waals surface area contributed by atoms with Gasteiger partial charge in [0, 0.05) is 43.7 Å². The Kier molecular flexibility index (Phi) is 5.36. The van der Waals surface area contributed by atoms with Crippen molar-refractivity contribution in [1.29, 1.82) is 0 Å². The van der Waals surface area contributed by atoms with E-state index in [4.69, 9.17) is 4.74 Å². The van der Waals surface area contributed by atoms with Gasteiger partial charge in [0.25, 0.3) is 5.91 Å². The highest BCUT2D eigenvalue weighted by molar-refractivity contribution is 5.97. The number of rotatable bonds is 6. The smallest absolute Gasteiger partial charge is 0.258 e. The summed E-state index contributed by atoms with van der Waals surface area (Å²) in [5, 5.41) is 3.32. The van der Waals surface area contributed by atoms with Gasteiger partial charge in [-0.2, -0.15) is 0 Å². The van der Waals surface area contributed by atoms with Crippen LogP contribution in [0.5, 0.6) is 11.5 Å². The molecule has 0 radical (unpaired) electrons. The zero-order chi connectivity index (χ0) is 21.5. The van der Waals surface area contributed by atoms with Crippen LogP contribution in [0.3, 0.4) is 0 Å². The first kappa shape index (κ1) is 20.5. The maximum Gasteiger partial charge on any atom is 0.258 e. The van der Waals surface area contributed by atoms with E-state index in [0.29, 0.717) is 22.7 Å². The molecule has 8 heteroatoms. The lowest BCUT2D eigenvalue weighted by Crippen LogP contribution is -2.71. The van der Waals surface area contributed by atoms with Gasteiger partial charge in [-0.3, -0.25) is 4.79 Å². The second-order valence-corrected chi connectivity index (χ2v) is 8.81. The number of hydrogen-bond acceptors (Lipinski definition) is 6. The Bertz CT molecular complexity index is 929. The average molecular weight is 413 g/mol. The van der Waals surface area contributed by atoms with Gasteiger partial charge in [0.15, 0.2) is 11.6 Å². The Balaban J connectivity index is 1.63. The number of benzene rings is 1. The highest BCUT2D eigenvalue weighted by Gasteiger charge is 2.48. The molecule has 2 fully saturated rings. The molecule has 1 spiro atoms. The predicted octanol–water partition coefficient (Wildman–Crippen LogP) is 3.08. The number of ether oxygens (including phenoxy) is 1. The molecule has 3 heterocycles. The normalized spacial score (nSPS) is 17.1. The van der Waals surface area contributed by atoms with Crippen LogP contribution in [-0.2, 0) is 0 Å². The third kappa shape index (κ3) is 3.71. The summed E-state index contributed by atoms with van der Waals surface area (Å²) >= 11 is 0. The molecule has 7 nitrogen and oxygen atoms in total. The molecule has 160 valence electrons. The lowest BCUT2D eigenvalue weighted by Gasteiger charge is -2.56. The van der Waals surface area contributed by atoms with Crippen LogP contribution in [0.4, 0.5) is 10.2 Å². The molecule has 4 rings (SSSR count). The predicted molar refractivity (Wildman–Crippen MR) is 112 cm³/mol. The summed E-state index contributed by atoms with van der Waals surface area (Å²) < 4.78 is 20.2. The number of hydrogen-bond donors (Lipinski definition) is 1. The first-order chi connectivity index (χ1) is 14.3. The van der Waals surface area contributed by atoms with Crippen molar-refractivity contribution in [2.75, 3.05) is 31.1 Å². The first-order valence-corrected chi connectivity index (χ1v) is 10.4.